The van der Waals surface area contributed by atoms with Crippen molar-refractivity contribution in [1.29, 1.82) is 0 Å². The highest BCUT2D eigenvalue weighted by Crippen LogP contribution is 2.20. The van der Waals surface area contributed by atoms with Crippen LogP contribution in [0.15, 0.2) is 18.3 Å². The first kappa shape index (κ1) is 10.2. The molecule has 1 fully saturated rings. The third-order valence-electron chi connectivity index (χ3n) is 2.87. The highest BCUT2D eigenvalue weighted by molar-refractivity contribution is 5.50. The maximum atomic E-state index is 5.73. The van der Waals surface area contributed by atoms with E-state index in [-0.39, 0.29) is 0 Å². The number of piperidine rings is 1. The molecule has 0 spiro atoms. The Kier molecular flexibility index (Phi) is 3.06. The molecule has 2 rings (SSSR count). The zero-order valence-electron chi connectivity index (χ0n) is 9.02. The number of hydrogen-bond acceptors (Lipinski definition) is 4. The van der Waals surface area contributed by atoms with Crippen LogP contribution in [0.2, 0.25) is 0 Å². The number of methoxy groups -OCH3 is 1. The van der Waals surface area contributed by atoms with Gasteiger partial charge in [-0.3, -0.25) is 0 Å². The summed E-state index contributed by atoms with van der Waals surface area (Å²) < 4.78 is 5.33. The molecule has 4 nitrogen and oxygen atoms in total. The number of ether oxygens (including phenoxy) is 1. The monoisotopic (exact) mass is 207 g/mol. The van der Waals surface area contributed by atoms with Crippen molar-refractivity contribution in [2.45, 2.75) is 18.9 Å². The topological polar surface area (TPSA) is 51.4 Å². The van der Waals surface area contributed by atoms with Gasteiger partial charge in [0.15, 0.2) is 0 Å². The third kappa shape index (κ3) is 2.39. The fourth-order valence-corrected chi connectivity index (χ4v) is 1.93. The Morgan fingerprint density at radius 1 is 1.47 bits per heavy atom. The Hall–Kier alpha value is -1.29. The fourth-order valence-electron chi connectivity index (χ4n) is 1.93. The van der Waals surface area contributed by atoms with Crippen molar-refractivity contribution >= 4 is 11.5 Å². The van der Waals surface area contributed by atoms with Crippen LogP contribution in [-0.4, -0.2) is 31.3 Å². The maximum absolute atomic E-state index is 5.73. The first-order valence-electron chi connectivity index (χ1n) is 5.29. The van der Waals surface area contributed by atoms with Crippen LogP contribution in [0.4, 0.5) is 11.5 Å². The highest BCUT2D eigenvalue weighted by Gasteiger charge is 2.19. The molecule has 0 radical (unpaired) electrons. The summed E-state index contributed by atoms with van der Waals surface area (Å²) in [7, 11) is 1.78. The van der Waals surface area contributed by atoms with Gasteiger partial charge in [-0.2, -0.15) is 0 Å². The quantitative estimate of drug-likeness (QED) is 0.793. The van der Waals surface area contributed by atoms with E-state index in [2.05, 4.69) is 9.88 Å². The summed E-state index contributed by atoms with van der Waals surface area (Å²) in [5.74, 6) is 0.976. The largest absolute Gasteiger partial charge is 0.399 e. The van der Waals surface area contributed by atoms with Crippen molar-refractivity contribution in [3.63, 3.8) is 0 Å². The lowest BCUT2D eigenvalue weighted by atomic mass is 10.1. The number of aromatic nitrogens is 1. The predicted molar refractivity (Wildman–Crippen MR) is 60.9 cm³/mol. The van der Waals surface area contributed by atoms with Crippen LogP contribution in [0, 0.1) is 0 Å². The molecule has 1 saturated heterocycles. The lowest BCUT2D eigenvalue weighted by Gasteiger charge is -2.32. The number of rotatable bonds is 2. The molecule has 2 N–H and O–H groups in total. The summed E-state index contributed by atoms with van der Waals surface area (Å²) in [5, 5.41) is 0. The van der Waals surface area contributed by atoms with Gasteiger partial charge in [0.25, 0.3) is 0 Å². The molecule has 4 heteroatoms. The van der Waals surface area contributed by atoms with E-state index in [0.717, 1.165) is 37.4 Å². The molecule has 2 heterocycles. The van der Waals surface area contributed by atoms with Crippen LogP contribution in [-0.2, 0) is 4.74 Å². The Labute approximate surface area is 90.0 Å². The van der Waals surface area contributed by atoms with Crippen LogP contribution in [0.25, 0.3) is 0 Å². The van der Waals surface area contributed by atoms with Crippen LogP contribution in [0.3, 0.4) is 0 Å². The summed E-state index contributed by atoms with van der Waals surface area (Å²) in [6, 6.07) is 3.73. The summed E-state index contributed by atoms with van der Waals surface area (Å²) in [6.07, 6.45) is 4.29. The van der Waals surface area contributed by atoms with Crippen molar-refractivity contribution < 1.29 is 4.74 Å². The molecule has 0 atom stereocenters. The van der Waals surface area contributed by atoms with E-state index in [1.807, 2.05) is 12.1 Å². The summed E-state index contributed by atoms with van der Waals surface area (Å²) in [5.41, 5.74) is 6.50. The average Bonchev–Trinajstić information content (AvgIpc) is 2.29. The SMILES string of the molecule is COC1CCN(c2cc(N)ccn2)CC1. The van der Waals surface area contributed by atoms with E-state index in [1.165, 1.54) is 0 Å². The van der Waals surface area contributed by atoms with Crippen molar-refractivity contribution in [3.8, 4) is 0 Å². The molecule has 0 saturated carbocycles. The minimum atomic E-state index is 0.405. The number of anilines is 2. The Bertz CT molecular complexity index is 321. The lowest BCUT2D eigenvalue weighted by molar-refractivity contribution is 0.0818. The average molecular weight is 207 g/mol. The molecule has 82 valence electrons. The molecule has 1 aromatic heterocycles. The maximum Gasteiger partial charge on any atom is 0.130 e. The molecular weight excluding hydrogens is 190 g/mol. The van der Waals surface area contributed by atoms with E-state index < -0.39 is 0 Å². The molecule has 0 aliphatic carbocycles. The standard InChI is InChI=1S/C11H17N3O/c1-15-10-3-6-14(7-4-10)11-8-9(12)2-5-13-11/h2,5,8,10H,3-4,6-7H2,1H3,(H2,12,13). The van der Waals surface area contributed by atoms with Crippen LogP contribution in [0.1, 0.15) is 12.8 Å². The summed E-state index contributed by atoms with van der Waals surface area (Å²) >= 11 is 0. The zero-order valence-corrected chi connectivity index (χ0v) is 9.02. The molecule has 1 aliphatic rings. The highest BCUT2D eigenvalue weighted by atomic mass is 16.5. The second-order valence-electron chi connectivity index (χ2n) is 3.87. The molecule has 0 bridgehead atoms. The first-order chi connectivity index (χ1) is 7.29. The van der Waals surface area contributed by atoms with Gasteiger partial charge in [0, 0.05) is 38.1 Å². The van der Waals surface area contributed by atoms with Crippen molar-refractivity contribution in [2.24, 2.45) is 0 Å². The van der Waals surface area contributed by atoms with Gasteiger partial charge >= 0.3 is 0 Å². The minimum absolute atomic E-state index is 0.405. The van der Waals surface area contributed by atoms with Gasteiger partial charge in [-0.1, -0.05) is 0 Å². The second kappa shape index (κ2) is 4.49. The van der Waals surface area contributed by atoms with E-state index in [0.29, 0.717) is 6.10 Å². The number of nitrogens with zero attached hydrogens (tertiary/aromatic N) is 2. The molecule has 0 amide bonds. The molecule has 15 heavy (non-hydrogen) atoms. The fraction of sp³-hybridized carbons (Fsp3) is 0.545. The van der Waals surface area contributed by atoms with E-state index in [1.54, 1.807) is 13.3 Å². The van der Waals surface area contributed by atoms with Crippen molar-refractivity contribution in [1.82, 2.24) is 4.98 Å². The molecule has 1 aliphatic heterocycles. The second-order valence-corrected chi connectivity index (χ2v) is 3.87. The molecule has 0 unspecified atom stereocenters. The number of hydrogen-bond donors (Lipinski definition) is 1. The Morgan fingerprint density at radius 2 is 2.20 bits per heavy atom. The van der Waals surface area contributed by atoms with E-state index in [4.69, 9.17) is 10.5 Å². The number of pyridine rings is 1. The van der Waals surface area contributed by atoms with Gasteiger partial charge in [0.2, 0.25) is 0 Å². The Balaban J connectivity index is 2.01. The Morgan fingerprint density at radius 3 is 2.80 bits per heavy atom. The summed E-state index contributed by atoms with van der Waals surface area (Å²) in [6.45, 7) is 1.99. The third-order valence-corrected chi connectivity index (χ3v) is 2.87. The van der Waals surface area contributed by atoms with Crippen molar-refractivity contribution in [3.05, 3.63) is 18.3 Å². The molecule has 0 aromatic carbocycles. The van der Waals surface area contributed by atoms with E-state index in [9.17, 15) is 0 Å². The minimum Gasteiger partial charge on any atom is -0.399 e. The van der Waals surface area contributed by atoms with Crippen LogP contribution in [0.5, 0.6) is 0 Å². The lowest BCUT2D eigenvalue weighted by Crippen LogP contribution is -2.37. The first-order valence-corrected chi connectivity index (χ1v) is 5.29. The predicted octanol–water partition coefficient (Wildman–Crippen LogP) is 1.28. The summed E-state index contributed by atoms with van der Waals surface area (Å²) in [4.78, 5) is 6.58. The van der Waals surface area contributed by atoms with Gasteiger partial charge in [0.05, 0.1) is 6.10 Å². The van der Waals surface area contributed by atoms with Gasteiger partial charge in [-0.25, -0.2) is 4.98 Å². The van der Waals surface area contributed by atoms with E-state index >= 15 is 0 Å². The van der Waals surface area contributed by atoms with Gasteiger partial charge in [-0.15, -0.1) is 0 Å². The number of nitrogens with two attached hydrogens (primary N) is 1. The smallest absolute Gasteiger partial charge is 0.130 e. The van der Waals surface area contributed by atoms with Gasteiger partial charge < -0.3 is 15.4 Å². The van der Waals surface area contributed by atoms with Gasteiger partial charge in [0.1, 0.15) is 5.82 Å². The number of nitrogen functional groups attached to an aromatic ring is 1. The van der Waals surface area contributed by atoms with Crippen LogP contribution >= 0.6 is 0 Å². The molecule has 1 aromatic rings. The zero-order chi connectivity index (χ0) is 10.7. The van der Waals surface area contributed by atoms with Gasteiger partial charge in [-0.05, 0) is 18.9 Å². The van der Waals surface area contributed by atoms with Crippen LogP contribution < -0.4 is 10.6 Å². The molecular formula is C11H17N3O. The normalized spacial score (nSPS) is 18.1. The van der Waals surface area contributed by atoms with Crippen molar-refractivity contribution in [2.75, 3.05) is 30.8 Å².